The predicted molar refractivity (Wildman–Crippen MR) is 59.9 cm³/mol. The van der Waals surface area contributed by atoms with Crippen LogP contribution >= 0.6 is 11.5 Å². The zero-order valence-electron chi connectivity index (χ0n) is 8.10. The minimum Gasteiger partial charge on any atom is -0.384 e. The molecular formula is C10H10N2O2S. The highest BCUT2D eigenvalue weighted by Crippen LogP contribution is 2.21. The molecule has 0 saturated heterocycles. The van der Waals surface area contributed by atoms with Gasteiger partial charge in [-0.3, -0.25) is 4.79 Å². The second-order valence-corrected chi connectivity index (χ2v) is 4.08. The van der Waals surface area contributed by atoms with E-state index in [1.54, 1.807) is 12.3 Å². The highest BCUT2D eigenvalue weighted by Gasteiger charge is 2.08. The molecule has 2 aromatic rings. The molecule has 0 radical (unpaired) electrons. The Morgan fingerprint density at radius 2 is 2.40 bits per heavy atom. The van der Waals surface area contributed by atoms with Crippen molar-refractivity contribution in [2.45, 2.75) is 13.0 Å². The van der Waals surface area contributed by atoms with Crippen molar-refractivity contribution in [2.24, 2.45) is 0 Å². The van der Waals surface area contributed by atoms with Gasteiger partial charge in [0.05, 0.1) is 4.70 Å². The van der Waals surface area contributed by atoms with E-state index in [0.29, 0.717) is 5.69 Å². The van der Waals surface area contributed by atoms with Gasteiger partial charge in [0.15, 0.2) is 0 Å². The third kappa shape index (κ3) is 2.14. The van der Waals surface area contributed by atoms with Crippen molar-refractivity contribution in [1.29, 1.82) is 0 Å². The van der Waals surface area contributed by atoms with Crippen LogP contribution in [0, 0.1) is 0 Å². The van der Waals surface area contributed by atoms with E-state index in [-0.39, 0.29) is 0 Å². The van der Waals surface area contributed by atoms with Gasteiger partial charge in [0, 0.05) is 17.3 Å². The molecule has 15 heavy (non-hydrogen) atoms. The average molecular weight is 222 g/mol. The maximum atomic E-state index is 11.2. The molecule has 0 fully saturated rings. The zero-order chi connectivity index (χ0) is 10.8. The molecule has 1 aromatic carbocycles. The van der Waals surface area contributed by atoms with Gasteiger partial charge in [-0.1, -0.05) is 0 Å². The number of carbonyl (C=O) groups is 1. The van der Waals surface area contributed by atoms with E-state index in [1.807, 2.05) is 12.1 Å². The van der Waals surface area contributed by atoms with Crippen LogP contribution in [0.2, 0.25) is 0 Å². The molecule has 2 N–H and O–H groups in total. The van der Waals surface area contributed by atoms with E-state index < -0.39 is 12.0 Å². The summed E-state index contributed by atoms with van der Waals surface area (Å²) in [6, 6.07) is 5.52. The maximum absolute atomic E-state index is 11.2. The van der Waals surface area contributed by atoms with Crippen LogP contribution in [0.15, 0.2) is 24.4 Å². The SMILES string of the molecule is C[C@H](O)C(=O)Nc1ccc2sncc2c1. The van der Waals surface area contributed by atoms with Crippen molar-refractivity contribution in [3.05, 3.63) is 24.4 Å². The topological polar surface area (TPSA) is 62.2 Å². The van der Waals surface area contributed by atoms with Crippen LogP contribution in [0.5, 0.6) is 0 Å². The lowest BCUT2D eigenvalue weighted by Crippen LogP contribution is -2.24. The number of amides is 1. The van der Waals surface area contributed by atoms with Crippen LogP contribution in [0.4, 0.5) is 5.69 Å². The molecule has 0 saturated carbocycles. The molecule has 0 spiro atoms. The summed E-state index contributed by atoms with van der Waals surface area (Å²) in [7, 11) is 0. The molecule has 0 aliphatic heterocycles. The van der Waals surface area contributed by atoms with Gasteiger partial charge in [0.2, 0.25) is 0 Å². The van der Waals surface area contributed by atoms with E-state index in [4.69, 9.17) is 5.11 Å². The predicted octanol–water partition coefficient (Wildman–Crippen LogP) is 1.62. The number of nitrogens with zero attached hydrogens (tertiary/aromatic N) is 1. The molecule has 0 aliphatic carbocycles. The minimum absolute atomic E-state index is 0.405. The van der Waals surface area contributed by atoms with Gasteiger partial charge in [-0.2, -0.15) is 4.37 Å². The number of aliphatic hydroxyl groups is 1. The largest absolute Gasteiger partial charge is 0.384 e. The number of aromatic nitrogens is 1. The molecule has 0 unspecified atom stereocenters. The quantitative estimate of drug-likeness (QED) is 0.811. The standard InChI is InChI=1S/C10H10N2O2S/c1-6(13)10(14)12-8-2-3-9-7(4-8)5-11-15-9/h2-6,13H,1H3,(H,12,14)/t6-/m0/s1. The number of hydrogen-bond acceptors (Lipinski definition) is 4. The molecule has 2 rings (SSSR count). The van der Waals surface area contributed by atoms with Gasteiger partial charge in [0.1, 0.15) is 6.10 Å². The lowest BCUT2D eigenvalue weighted by molar-refractivity contribution is -0.123. The number of carbonyl (C=O) groups excluding carboxylic acids is 1. The van der Waals surface area contributed by atoms with Gasteiger partial charge in [-0.25, -0.2) is 0 Å². The third-order valence-electron chi connectivity index (χ3n) is 2.00. The van der Waals surface area contributed by atoms with Gasteiger partial charge >= 0.3 is 0 Å². The van der Waals surface area contributed by atoms with Crippen LogP contribution in [-0.4, -0.2) is 21.5 Å². The molecular weight excluding hydrogens is 212 g/mol. The normalized spacial score (nSPS) is 12.7. The van der Waals surface area contributed by atoms with E-state index in [1.165, 1.54) is 18.5 Å². The fourth-order valence-corrected chi connectivity index (χ4v) is 1.82. The number of anilines is 1. The molecule has 78 valence electrons. The Morgan fingerprint density at radius 1 is 1.60 bits per heavy atom. The van der Waals surface area contributed by atoms with Crippen molar-refractivity contribution in [3.63, 3.8) is 0 Å². The smallest absolute Gasteiger partial charge is 0.252 e. The van der Waals surface area contributed by atoms with Crippen molar-refractivity contribution in [1.82, 2.24) is 4.37 Å². The summed E-state index contributed by atoms with van der Waals surface area (Å²) in [5, 5.41) is 12.6. The molecule has 4 nitrogen and oxygen atoms in total. The van der Waals surface area contributed by atoms with Crippen molar-refractivity contribution < 1.29 is 9.90 Å². The summed E-state index contributed by atoms with van der Waals surface area (Å²) in [4.78, 5) is 11.2. The monoisotopic (exact) mass is 222 g/mol. The Labute approximate surface area is 90.7 Å². The van der Waals surface area contributed by atoms with E-state index >= 15 is 0 Å². The van der Waals surface area contributed by atoms with E-state index in [0.717, 1.165) is 10.1 Å². The Bertz CT molecular complexity index is 493. The van der Waals surface area contributed by atoms with E-state index in [9.17, 15) is 4.79 Å². The summed E-state index contributed by atoms with van der Waals surface area (Å²) in [5.41, 5.74) is 0.675. The number of nitrogens with one attached hydrogen (secondary N) is 1. The number of fused-ring (bicyclic) bond motifs is 1. The van der Waals surface area contributed by atoms with Crippen molar-refractivity contribution in [3.8, 4) is 0 Å². The summed E-state index contributed by atoms with van der Waals surface area (Å²) < 4.78 is 5.11. The molecule has 5 heteroatoms. The number of aliphatic hydroxyl groups excluding tert-OH is 1. The van der Waals surface area contributed by atoms with Gasteiger partial charge < -0.3 is 10.4 Å². The molecule has 1 atom stereocenters. The first-order valence-corrected chi connectivity index (χ1v) is 5.27. The zero-order valence-corrected chi connectivity index (χ0v) is 8.91. The minimum atomic E-state index is -0.999. The van der Waals surface area contributed by atoms with Crippen LogP contribution < -0.4 is 5.32 Å². The van der Waals surface area contributed by atoms with Crippen molar-refractivity contribution >= 4 is 33.2 Å². The first-order valence-electron chi connectivity index (χ1n) is 4.50. The molecule has 1 heterocycles. The van der Waals surface area contributed by atoms with Gasteiger partial charge in [-0.05, 0) is 36.7 Å². The number of rotatable bonds is 2. The Balaban J connectivity index is 2.25. The number of hydrogen-bond donors (Lipinski definition) is 2. The Kier molecular flexibility index (Phi) is 2.66. The third-order valence-corrected chi connectivity index (χ3v) is 2.78. The fraction of sp³-hybridized carbons (Fsp3) is 0.200. The summed E-state index contributed by atoms with van der Waals surface area (Å²) >= 11 is 1.41. The van der Waals surface area contributed by atoms with Crippen LogP contribution in [0.3, 0.4) is 0 Å². The lowest BCUT2D eigenvalue weighted by Gasteiger charge is -2.06. The summed E-state index contributed by atoms with van der Waals surface area (Å²) in [6.45, 7) is 1.43. The molecule has 1 amide bonds. The van der Waals surface area contributed by atoms with Crippen LogP contribution in [0.25, 0.3) is 10.1 Å². The first kappa shape index (κ1) is 10.1. The van der Waals surface area contributed by atoms with Crippen LogP contribution in [0.1, 0.15) is 6.92 Å². The second kappa shape index (κ2) is 3.96. The molecule has 0 bridgehead atoms. The van der Waals surface area contributed by atoms with Crippen molar-refractivity contribution in [2.75, 3.05) is 5.32 Å². The lowest BCUT2D eigenvalue weighted by atomic mass is 10.2. The second-order valence-electron chi connectivity index (χ2n) is 3.24. The molecule has 0 aliphatic rings. The maximum Gasteiger partial charge on any atom is 0.252 e. The van der Waals surface area contributed by atoms with E-state index in [2.05, 4.69) is 9.69 Å². The highest BCUT2D eigenvalue weighted by atomic mass is 32.1. The van der Waals surface area contributed by atoms with Gasteiger partial charge in [-0.15, -0.1) is 0 Å². The fourth-order valence-electron chi connectivity index (χ4n) is 1.20. The number of benzene rings is 1. The van der Waals surface area contributed by atoms with Crippen LogP contribution in [-0.2, 0) is 4.79 Å². The van der Waals surface area contributed by atoms with Gasteiger partial charge in [0.25, 0.3) is 5.91 Å². The average Bonchev–Trinajstić information content (AvgIpc) is 2.64. The molecule has 1 aromatic heterocycles. The first-order chi connectivity index (χ1) is 7.16. The Hall–Kier alpha value is -1.46. The summed E-state index contributed by atoms with van der Waals surface area (Å²) in [5.74, 6) is -0.405. The summed E-state index contributed by atoms with van der Waals surface area (Å²) in [6.07, 6.45) is 0.749. The Morgan fingerprint density at radius 3 is 3.13 bits per heavy atom. The highest BCUT2D eigenvalue weighted by molar-refractivity contribution is 7.13.